The highest BCUT2D eigenvalue weighted by Gasteiger charge is 2.00. The lowest BCUT2D eigenvalue weighted by molar-refractivity contribution is 0.415. The summed E-state index contributed by atoms with van der Waals surface area (Å²) in [6.45, 7) is 2.89. The molecular formula is C15H17IN2O. The van der Waals surface area contributed by atoms with Crippen molar-refractivity contribution in [1.82, 2.24) is 0 Å². The van der Waals surface area contributed by atoms with E-state index in [1.54, 1.807) is 7.11 Å². The fourth-order valence-corrected chi connectivity index (χ4v) is 2.40. The van der Waals surface area contributed by atoms with Crippen molar-refractivity contribution in [3.63, 3.8) is 0 Å². The first-order valence-corrected chi connectivity index (χ1v) is 7.15. The van der Waals surface area contributed by atoms with Crippen molar-refractivity contribution in [2.75, 3.05) is 16.0 Å². The van der Waals surface area contributed by atoms with Crippen molar-refractivity contribution in [3.05, 3.63) is 53.6 Å². The third kappa shape index (κ3) is 3.76. The summed E-state index contributed by atoms with van der Waals surface area (Å²) < 4.78 is 8.38. The molecule has 3 nitrogen and oxygen atoms in total. The van der Waals surface area contributed by atoms with E-state index in [9.17, 15) is 0 Å². The summed E-state index contributed by atoms with van der Waals surface area (Å²) in [5, 5.41) is 3.40. The molecule has 0 fully saturated rings. The zero-order valence-corrected chi connectivity index (χ0v) is 13.2. The lowest BCUT2D eigenvalue weighted by Crippen LogP contribution is -2.00. The van der Waals surface area contributed by atoms with E-state index in [-0.39, 0.29) is 0 Å². The van der Waals surface area contributed by atoms with Crippen LogP contribution in [0.1, 0.15) is 11.1 Å². The van der Waals surface area contributed by atoms with Crippen LogP contribution in [0.5, 0.6) is 5.75 Å². The highest BCUT2D eigenvalue weighted by molar-refractivity contribution is 14.1. The average molecular weight is 368 g/mol. The van der Waals surface area contributed by atoms with Crippen molar-refractivity contribution < 1.29 is 4.74 Å². The van der Waals surface area contributed by atoms with Crippen molar-refractivity contribution in [1.29, 1.82) is 0 Å². The number of nitrogens with one attached hydrogen (secondary N) is 2. The molecule has 0 aliphatic heterocycles. The van der Waals surface area contributed by atoms with Gasteiger partial charge in [0.2, 0.25) is 0 Å². The molecule has 0 saturated heterocycles. The van der Waals surface area contributed by atoms with Gasteiger partial charge in [0.25, 0.3) is 0 Å². The van der Waals surface area contributed by atoms with Crippen LogP contribution in [0.4, 0.5) is 11.4 Å². The van der Waals surface area contributed by atoms with E-state index in [4.69, 9.17) is 4.74 Å². The average Bonchev–Trinajstić information content (AvgIpc) is 2.46. The molecule has 4 heteroatoms. The molecule has 0 bridgehead atoms. The number of halogens is 1. The van der Waals surface area contributed by atoms with Crippen molar-refractivity contribution in [2.24, 2.45) is 0 Å². The molecule has 0 atom stereocenters. The Morgan fingerprint density at radius 3 is 2.74 bits per heavy atom. The maximum Gasteiger partial charge on any atom is 0.120 e. The van der Waals surface area contributed by atoms with Gasteiger partial charge in [-0.25, -0.2) is 0 Å². The van der Waals surface area contributed by atoms with Crippen LogP contribution in [0.2, 0.25) is 0 Å². The molecule has 2 aromatic rings. The molecule has 0 amide bonds. The molecule has 0 saturated carbocycles. The predicted molar refractivity (Wildman–Crippen MR) is 89.1 cm³/mol. The zero-order chi connectivity index (χ0) is 13.7. The standard InChI is InChI=1S/C15H17IN2O/c1-11-6-7-12(8-15(11)18-16)10-17-13-4-3-5-14(9-13)19-2/h3-9,17-18H,10H2,1-2H3. The molecule has 2 N–H and O–H groups in total. The summed E-state index contributed by atoms with van der Waals surface area (Å²) in [6.07, 6.45) is 0. The van der Waals surface area contributed by atoms with Gasteiger partial charge in [0.05, 0.1) is 30.0 Å². The molecule has 0 aliphatic rings. The Hall–Kier alpha value is -1.43. The lowest BCUT2D eigenvalue weighted by Gasteiger charge is -2.10. The molecule has 2 rings (SSSR count). The normalized spacial score (nSPS) is 10.1. The summed E-state index contributed by atoms with van der Waals surface area (Å²) in [7, 11) is 1.68. The number of aryl methyl sites for hydroxylation is 1. The highest BCUT2D eigenvalue weighted by Crippen LogP contribution is 2.20. The van der Waals surface area contributed by atoms with Gasteiger partial charge in [-0.1, -0.05) is 18.2 Å². The van der Waals surface area contributed by atoms with Crippen LogP contribution in [-0.2, 0) is 6.54 Å². The monoisotopic (exact) mass is 368 g/mol. The molecule has 0 spiro atoms. The number of anilines is 2. The zero-order valence-electron chi connectivity index (χ0n) is 11.0. The summed E-state index contributed by atoms with van der Waals surface area (Å²) in [5.41, 5.74) is 4.71. The maximum atomic E-state index is 5.21. The van der Waals surface area contributed by atoms with Crippen LogP contribution >= 0.6 is 22.9 Å². The number of benzene rings is 2. The first-order valence-electron chi connectivity index (χ1n) is 6.07. The van der Waals surface area contributed by atoms with Gasteiger partial charge in [-0.05, 0) is 36.2 Å². The second-order valence-corrected chi connectivity index (χ2v) is 4.87. The van der Waals surface area contributed by atoms with Gasteiger partial charge in [0.15, 0.2) is 0 Å². The number of hydrogen-bond acceptors (Lipinski definition) is 3. The van der Waals surface area contributed by atoms with Gasteiger partial charge in [-0.15, -0.1) is 0 Å². The molecule has 0 aromatic heterocycles. The van der Waals surface area contributed by atoms with E-state index in [0.29, 0.717) is 0 Å². The molecule has 0 unspecified atom stereocenters. The Bertz CT molecular complexity index is 558. The van der Waals surface area contributed by atoms with Gasteiger partial charge >= 0.3 is 0 Å². The SMILES string of the molecule is COc1cccc(NCc2ccc(C)c(NI)c2)c1. The first kappa shape index (κ1) is 14.0. The number of rotatable bonds is 5. The Labute approximate surface area is 127 Å². The summed E-state index contributed by atoms with van der Waals surface area (Å²) in [4.78, 5) is 0. The topological polar surface area (TPSA) is 33.3 Å². The van der Waals surface area contributed by atoms with Crippen LogP contribution in [-0.4, -0.2) is 7.11 Å². The summed E-state index contributed by atoms with van der Waals surface area (Å²) in [5.74, 6) is 0.864. The minimum atomic E-state index is 0.790. The molecule has 0 aliphatic carbocycles. The lowest BCUT2D eigenvalue weighted by atomic mass is 10.1. The van der Waals surface area contributed by atoms with E-state index in [2.05, 4.69) is 56.8 Å². The van der Waals surface area contributed by atoms with E-state index < -0.39 is 0 Å². The highest BCUT2D eigenvalue weighted by atomic mass is 127. The van der Waals surface area contributed by atoms with E-state index in [0.717, 1.165) is 23.7 Å². The predicted octanol–water partition coefficient (Wildman–Crippen LogP) is 4.38. The Kier molecular flexibility index (Phi) is 4.90. The van der Waals surface area contributed by atoms with Gasteiger partial charge in [-0.2, -0.15) is 0 Å². The quantitative estimate of drug-likeness (QED) is 0.607. The minimum absolute atomic E-state index is 0.790. The third-order valence-electron chi connectivity index (χ3n) is 2.97. The molecule has 0 heterocycles. The fourth-order valence-electron chi connectivity index (χ4n) is 1.82. The number of ether oxygens (including phenoxy) is 1. The minimum Gasteiger partial charge on any atom is -0.497 e. The summed E-state index contributed by atoms with van der Waals surface area (Å²) in [6, 6.07) is 14.4. The first-order chi connectivity index (χ1) is 9.22. The van der Waals surface area contributed by atoms with Gasteiger partial charge in [0, 0.05) is 24.0 Å². The van der Waals surface area contributed by atoms with Crippen LogP contribution in [0.15, 0.2) is 42.5 Å². The van der Waals surface area contributed by atoms with Crippen LogP contribution < -0.4 is 13.6 Å². The van der Waals surface area contributed by atoms with Gasteiger partial charge < -0.3 is 13.6 Å². The van der Waals surface area contributed by atoms with Crippen LogP contribution in [0.25, 0.3) is 0 Å². The van der Waals surface area contributed by atoms with E-state index in [1.165, 1.54) is 11.1 Å². The molecule has 19 heavy (non-hydrogen) atoms. The summed E-state index contributed by atoms with van der Waals surface area (Å²) >= 11 is 2.16. The van der Waals surface area contributed by atoms with Gasteiger partial charge in [-0.3, -0.25) is 0 Å². The number of hydrogen-bond donors (Lipinski definition) is 2. The smallest absolute Gasteiger partial charge is 0.120 e. The second kappa shape index (κ2) is 6.65. The largest absolute Gasteiger partial charge is 0.497 e. The second-order valence-electron chi connectivity index (χ2n) is 4.33. The molecule has 2 aromatic carbocycles. The number of methoxy groups -OCH3 is 1. The van der Waals surface area contributed by atoms with E-state index >= 15 is 0 Å². The Morgan fingerprint density at radius 2 is 2.00 bits per heavy atom. The molecular weight excluding hydrogens is 351 g/mol. The van der Waals surface area contributed by atoms with Crippen molar-refractivity contribution in [2.45, 2.75) is 13.5 Å². The maximum absolute atomic E-state index is 5.21. The van der Waals surface area contributed by atoms with E-state index in [1.807, 2.05) is 24.3 Å². The van der Waals surface area contributed by atoms with Crippen LogP contribution in [0.3, 0.4) is 0 Å². The van der Waals surface area contributed by atoms with Crippen LogP contribution in [0, 0.1) is 6.92 Å². The third-order valence-corrected chi connectivity index (χ3v) is 3.55. The Balaban J connectivity index is 2.05. The molecule has 0 radical (unpaired) electrons. The fraction of sp³-hybridized carbons (Fsp3) is 0.200. The Morgan fingerprint density at radius 1 is 1.16 bits per heavy atom. The molecule has 100 valence electrons. The van der Waals surface area contributed by atoms with Crippen molar-refractivity contribution >= 4 is 34.2 Å². The van der Waals surface area contributed by atoms with Gasteiger partial charge in [0.1, 0.15) is 5.75 Å². The van der Waals surface area contributed by atoms with Crippen molar-refractivity contribution in [3.8, 4) is 5.75 Å².